The van der Waals surface area contributed by atoms with E-state index in [9.17, 15) is 9.59 Å². The molecule has 154 valence electrons. The van der Waals surface area contributed by atoms with Gasteiger partial charge >= 0.3 is 6.03 Å². The summed E-state index contributed by atoms with van der Waals surface area (Å²) in [6.07, 6.45) is 1.48. The van der Waals surface area contributed by atoms with Crippen molar-refractivity contribution in [1.29, 1.82) is 0 Å². The fourth-order valence-corrected chi connectivity index (χ4v) is 3.89. The molecule has 6 nitrogen and oxygen atoms in total. The number of aryl methyl sites for hydroxylation is 1. The number of urea groups is 1. The summed E-state index contributed by atoms with van der Waals surface area (Å²) in [5, 5.41) is 3.09. The number of amides is 3. The topological polar surface area (TPSA) is 61.9 Å². The summed E-state index contributed by atoms with van der Waals surface area (Å²) in [6.45, 7) is 10.9. The van der Waals surface area contributed by atoms with Gasteiger partial charge in [0.1, 0.15) is 0 Å². The quantitative estimate of drug-likeness (QED) is 0.864. The van der Waals surface area contributed by atoms with Crippen molar-refractivity contribution < 1.29 is 14.3 Å². The summed E-state index contributed by atoms with van der Waals surface area (Å²) in [7, 11) is 0. The van der Waals surface area contributed by atoms with Crippen molar-refractivity contribution in [3.05, 3.63) is 35.4 Å². The van der Waals surface area contributed by atoms with Crippen LogP contribution in [0, 0.1) is 12.8 Å². The van der Waals surface area contributed by atoms with Crippen LogP contribution in [0.3, 0.4) is 0 Å². The van der Waals surface area contributed by atoms with Crippen LogP contribution < -0.4 is 5.32 Å². The average molecular weight is 388 g/mol. The molecule has 2 heterocycles. The third kappa shape index (κ3) is 5.04. The van der Waals surface area contributed by atoms with Gasteiger partial charge in [0, 0.05) is 44.1 Å². The number of hydrogen-bond acceptors (Lipinski definition) is 3. The summed E-state index contributed by atoms with van der Waals surface area (Å²) < 4.78 is 5.32. The lowest BCUT2D eigenvalue weighted by molar-refractivity contribution is -0.141. The molecule has 2 saturated heterocycles. The van der Waals surface area contributed by atoms with Crippen LogP contribution in [0.4, 0.5) is 4.79 Å². The Morgan fingerprint density at radius 3 is 2.25 bits per heavy atom. The lowest BCUT2D eigenvalue weighted by Crippen LogP contribution is -2.50. The first kappa shape index (κ1) is 20.6. The molecule has 0 aliphatic carbocycles. The van der Waals surface area contributed by atoms with Crippen LogP contribution in [0.15, 0.2) is 24.3 Å². The van der Waals surface area contributed by atoms with Crippen LogP contribution in [-0.4, -0.2) is 67.7 Å². The van der Waals surface area contributed by atoms with Crippen molar-refractivity contribution >= 4 is 11.9 Å². The smallest absolute Gasteiger partial charge is 0.317 e. The first-order valence-corrected chi connectivity index (χ1v) is 10.3. The van der Waals surface area contributed by atoms with Crippen LogP contribution in [-0.2, 0) is 14.9 Å². The molecule has 0 saturated carbocycles. The Kier molecular flexibility index (Phi) is 6.60. The van der Waals surface area contributed by atoms with Gasteiger partial charge in [-0.2, -0.15) is 0 Å². The zero-order chi connectivity index (χ0) is 20.1. The van der Waals surface area contributed by atoms with Crippen LogP contribution in [0.2, 0.25) is 0 Å². The number of hydrogen-bond donors (Lipinski definition) is 1. The van der Waals surface area contributed by atoms with E-state index in [1.165, 1.54) is 11.1 Å². The van der Waals surface area contributed by atoms with Crippen molar-refractivity contribution in [2.75, 3.05) is 45.9 Å². The lowest BCUT2D eigenvalue weighted by Gasteiger charge is -2.36. The molecule has 3 rings (SSSR count). The number of carbonyl (C=O) groups excluding carboxylic acids is 2. The van der Waals surface area contributed by atoms with Gasteiger partial charge in [0.25, 0.3) is 0 Å². The van der Waals surface area contributed by atoms with Crippen LogP contribution in [0.25, 0.3) is 0 Å². The maximum atomic E-state index is 12.6. The van der Waals surface area contributed by atoms with Gasteiger partial charge in [-0.15, -0.1) is 0 Å². The third-order valence-corrected chi connectivity index (χ3v) is 5.97. The number of ether oxygens (including phenoxy) is 1. The number of rotatable bonds is 4. The van der Waals surface area contributed by atoms with Gasteiger partial charge in [-0.3, -0.25) is 4.79 Å². The van der Waals surface area contributed by atoms with Gasteiger partial charge in [-0.1, -0.05) is 43.7 Å². The zero-order valence-electron chi connectivity index (χ0n) is 17.4. The van der Waals surface area contributed by atoms with Crippen molar-refractivity contribution in [2.45, 2.75) is 39.0 Å². The Labute approximate surface area is 168 Å². The van der Waals surface area contributed by atoms with Gasteiger partial charge in [0.15, 0.2) is 0 Å². The van der Waals surface area contributed by atoms with E-state index in [0.29, 0.717) is 45.9 Å². The molecule has 2 aliphatic heterocycles. The second-order valence-corrected chi connectivity index (χ2v) is 8.61. The minimum Gasteiger partial charge on any atom is -0.378 e. The molecule has 0 bridgehead atoms. The maximum absolute atomic E-state index is 12.6. The maximum Gasteiger partial charge on any atom is 0.317 e. The Morgan fingerprint density at radius 2 is 1.64 bits per heavy atom. The van der Waals surface area contributed by atoms with Gasteiger partial charge < -0.3 is 19.9 Å². The monoisotopic (exact) mass is 387 g/mol. The number of piperidine rings is 1. The highest BCUT2D eigenvalue weighted by Gasteiger charge is 2.31. The first-order chi connectivity index (χ1) is 13.4. The molecule has 1 aromatic carbocycles. The Bertz CT molecular complexity index is 673. The molecule has 2 fully saturated rings. The van der Waals surface area contributed by atoms with Crippen molar-refractivity contribution in [3.8, 4) is 0 Å². The highest BCUT2D eigenvalue weighted by atomic mass is 16.5. The summed E-state index contributed by atoms with van der Waals surface area (Å²) in [5.74, 6) is 0.259. The molecule has 1 aromatic rings. The molecule has 6 heteroatoms. The fraction of sp³-hybridized carbons (Fsp3) is 0.636. The molecule has 1 N–H and O–H groups in total. The van der Waals surface area contributed by atoms with Gasteiger partial charge in [0.05, 0.1) is 13.2 Å². The molecule has 0 spiro atoms. The molecular formula is C22H33N3O3. The minimum absolute atomic E-state index is 0.0301. The van der Waals surface area contributed by atoms with Crippen LogP contribution >= 0.6 is 0 Å². The number of carbonyl (C=O) groups is 2. The molecular weight excluding hydrogens is 354 g/mol. The van der Waals surface area contributed by atoms with Crippen LogP contribution in [0.1, 0.15) is 37.8 Å². The highest BCUT2D eigenvalue weighted by molar-refractivity contribution is 5.80. The number of nitrogens with one attached hydrogen (secondary N) is 1. The predicted molar refractivity (Wildman–Crippen MR) is 109 cm³/mol. The Balaban J connectivity index is 1.46. The van der Waals surface area contributed by atoms with E-state index >= 15 is 0 Å². The molecule has 0 unspecified atom stereocenters. The van der Waals surface area contributed by atoms with E-state index < -0.39 is 0 Å². The third-order valence-electron chi connectivity index (χ3n) is 5.97. The summed E-state index contributed by atoms with van der Waals surface area (Å²) in [4.78, 5) is 29.0. The van der Waals surface area contributed by atoms with Gasteiger partial charge in [-0.05, 0) is 25.3 Å². The SMILES string of the molecule is Cc1ccc(C(C)(C)CNC(=O)N2CCC(C(=O)N3CCOCC3)CC2)cc1. The standard InChI is InChI=1S/C22H33N3O3/c1-17-4-6-19(7-5-17)22(2,3)16-23-21(27)25-10-8-18(9-11-25)20(26)24-12-14-28-15-13-24/h4-7,18H,8-16H2,1-3H3,(H,23,27). The van der Waals surface area contributed by atoms with E-state index in [4.69, 9.17) is 4.74 Å². The minimum atomic E-state index is -0.131. The lowest BCUT2D eigenvalue weighted by atomic mass is 9.84. The number of benzene rings is 1. The number of nitrogens with zero attached hydrogens (tertiary/aromatic N) is 2. The number of likely N-dealkylation sites (tertiary alicyclic amines) is 1. The fourth-order valence-electron chi connectivity index (χ4n) is 3.89. The van der Waals surface area contributed by atoms with Crippen molar-refractivity contribution in [3.63, 3.8) is 0 Å². The van der Waals surface area contributed by atoms with E-state index in [1.807, 2.05) is 9.80 Å². The molecule has 0 atom stereocenters. The van der Waals surface area contributed by atoms with Gasteiger partial charge in [-0.25, -0.2) is 4.79 Å². The number of morpholine rings is 1. The Morgan fingerprint density at radius 1 is 1.04 bits per heavy atom. The zero-order valence-corrected chi connectivity index (χ0v) is 17.4. The molecule has 2 aliphatic rings. The molecule has 28 heavy (non-hydrogen) atoms. The van der Waals surface area contributed by atoms with Gasteiger partial charge in [0.2, 0.25) is 5.91 Å². The molecule has 0 radical (unpaired) electrons. The highest BCUT2D eigenvalue weighted by Crippen LogP contribution is 2.24. The second kappa shape index (κ2) is 8.95. The van der Waals surface area contributed by atoms with Crippen molar-refractivity contribution in [1.82, 2.24) is 15.1 Å². The van der Waals surface area contributed by atoms with Crippen molar-refractivity contribution in [2.24, 2.45) is 5.92 Å². The summed E-state index contributed by atoms with van der Waals surface area (Å²) >= 11 is 0. The van der Waals surface area contributed by atoms with E-state index in [0.717, 1.165) is 12.8 Å². The van der Waals surface area contributed by atoms with E-state index in [-0.39, 0.29) is 23.3 Å². The predicted octanol–water partition coefficient (Wildman–Crippen LogP) is 2.55. The average Bonchev–Trinajstić information content (AvgIpc) is 2.72. The normalized spacial score (nSPS) is 18.8. The second-order valence-electron chi connectivity index (χ2n) is 8.61. The van der Waals surface area contributed by atoms with E-state index in [1.54, 1.807) is 0 Å². The Hall–Kier alpha value is -2.08. The largest absolute Gasteiger partial charge is 0.378 e. The summed E-state index contributed by atoms with van der Waals surface area (Å²) in [6, 6.07) is 8.44. The van der Waals surface area contributed by atoms with Crippen LogP contribution in [0.5, 0.6) is 0 Å². The van der Waals surface area contributed by atoms with E-state index in [2.05, 4.69) is 50.4 Å². The first-order valence-electron chi connectivity index (χ1n) is 10.3. The molecule has 0 aromatic heterocycles. The summed E-state index contributed by atoms with van der Waals surface area (Å²) in [5.41, 5.74) is 2.32. The molecule has 3 amide bonds.